The van der Waals surface area contributed by atoms with Gasteiger partial charge in [0.1, 0.15) is 0 Å². The number of aryl methyl sites for hydroxylation is 2. The van der Waals surface area contributed by atoms with Crippen molar-refractivity contribution in [3.05, 3.63) is 348 Å². The van der Waals surface area contributed by atoms with Crippen LogP contribution in [0.5, 0.6) is 0 Å². The van der Waals surface area contributed by atoms with Gasteiger partial charge >= 0.3 is 20.1 Å². The molecule has 4 nitrogen and oxygen atoms in total. The van der Waals surface area contributed by atoms with Gasteiger partial charge in [-0.25, -0.2) is 0 Å². The van der Waals surface area contributed by atoms with Crippen molar-refractivity contribution in [2.24, 2.45) is 0 Å². The number of nitrogens with zero attached hydrogens (tertiary/aromatic N) is 4. The SMILES string of the molecule is CCCCCCCCC1(CCCCCCCC)c2cc(C)ccc2-c2ccc(-c3ccc4c(c3)C(CCCCCCCC)(CCCCCCCC)c3cc(-c5ccc(-c6ccc(-c7ccc8c(c7)C(CCCCCCCC)(CCCCCCCC)c7cc(-c9c[c-]c(-c%10ccc(C)cn%10)cc9)ccc7-8)cn6)cc5)ccc3-4)cc21.[Ir+3].[c-]1ccccc1-c1ccccn1.[c-]1ccccc1-c1ccccn1. The summed E-state index contributed by atoms with van der Waals surface area (Å²) in [5.41, 5.74) is 39.2. The number of rotatable bonds is 50. The maximum Gasteiger partial charge on any atom is 3.00 e. The van der Waals surface area contributed by atoms with E-state index in [0.717, 1.165) is 45.0 Å². The zero-order valence-electron chi connectivity index (χ0n) is 85.0. The minimum absolute atomic E-state index is 0. The van der Waals surface area contributed by atoms with Gasteiger partial charge in [-0.1, -0.05) is 441 Å². The first-order chi connectivity index (χ1) is 67.5. The van der Waals surface area contributed by atoms with Crippen molar-refractivity contribution < 1.29 is 20.1 Å². The molecule has 0 bridgehead atoms. The quantitative estimate of drug-likeness (QED) is 0.0282. The van der Waals surface area contributed by atoms with E-state index in [-0.39, 0.29) is 36.4 Å². The minimum Gasteiger partial charge on any atom is -0.305 e. The molecule has 0 saturated carbocycles. The Morgan fingerprint density at radius 1 is 0.210 bits per heavy atom. The molecule has 716 valence electrons. The Morgan fingerprint density at radius 2 is 0.493 bits per heavy atom. The average molecular weight is 2000 g/mol. The Labute approximate surface area is 846 Å². The Kier molecular flexibility index (Phi) is 39.8. The van der Waals surface area contributed by atoms with Crippen LogP contribution in [0.1, 0.15) is 356 Å². The van der Waals surface area contributed by atoms with Gasteiger partial charge in [0.2, 0.25) is 0 Å². The van der Waals surface area contributed by atoms with Gasteiger partial charge in [0.05, 0.1) is 5.69 Å². The molecule has 3 aliphatic carbocycles. The topological polar surface area (TPSA) is 51.6 Å². The maximum atomic E-state index is 5.34. The molecule has 0 fully saturated rings. The van der Waals surface area contributed by atoms with Crippen LogP contribution in [-0.2, 0) is 36.4 Å². The number of benzene rings is 10. The molecule has 4 heterocycles. The van der Waals surface area contributed by atoms with Crippen LogP contribution in [0.15, 0.2) is 286 Å². The predicted octanol–water partition coefficient (Wildman–Crippen LogP) is 39.3. The van der Waals surface area contributed by atoms with Gasteiger partial charge in [-0.15, -0.1) is 102 Å². The fraction of sp³-hybridized carbons (Fsp3) is 0.398. The second-order valence-corrected chi connectivity index (χ2v) is 40.4. The monoisotopic (exact) mass is 2000 g/mol. The maximum absolute atomic E-state index is 5.34. The van der Waals surface area contributed by atoms with Crippen molar-refractivity contribution in [2.45, 2.75) is 341 Å². The summed E-state index contributed by atoms with van der Waals surface area (Å²) in [6.07, 6.45) is 62.2. The Balaban J connectivity index is 0.000000524. The molecule has 17 rings (SSSR count). The number of pyridine rings is 4. The van der Waals surface area contributed by atoms with Crippen LogP contribution in [0.4, 0.5) is 0 Å². The van der Waals surface area contributed by atoms with E-state index >= 15 is 0 Å². The number of aromatic nitrogens is 4. The standard InChI is InChI=1S/C111H139N2.2C11H8N.Ir/c1-9-15-21-27-33-39-69-109(70-40-34-28-22-16-10-2)101-75-83(7)45-61-95(101)96-64-57-91(78-104(96)109)92-58-65-99-97-62-55-89(76-102(97)110(105(99)79-92,71-41-35-29-23-17-11-3)72-42-36-30-24-18-12-4)86-49-53-88(54-50-86)108-68-60-94(82-113-108)93-59-66-100-98-63-56-90(85-47-51-87(52-48-85)107-67-46-84(8)81-112-107)77-103(98)111(106(100)80-93,73-43-37-31-25-19-13-5)74-44-38-32-26-20-14-6;2*1-2-6-10(7-3-1)11-8-4-5-9-12-11;/h45-51,53-68,75-82H,9-44,69-74H2,1-8H3;2*1-6,8-9H;/q3*-1;+3. The Morgan fingerprint density at radius 3 is 0.819 bits per heavy atom. The van der Waals surface area contributed by atoms with Gasteiger partial charge in [-0.2, -0.15) is 0 Å². The number of unbranched alkanes of at least 4 members (excludes halogenated alkanes) is 30. The molecule has 4 aromatic heterocycles. The first-order valence-electron chi connectivity index (χ1n) is 54.2. The van der Waals surface area contributed by atoms with Gasteiger partial charge in [0, 0.05) is 52.2 Å². The molecule has 0 spiro atoms. The van der Waals surface area contributed by atoms with E-state index in [2.05, 4.69) is 266 Å². The van der Waals surface area contributed by atoms with Gasteiger partial charge in [-0.05, 0) is 212 Å². The molecule has 0 atom stereocenters. The van der Waals surface area contributed by atoms with Crippen molar-refractivity contribution >= 4 is 0 Å². The molecule has 14 aromatic rings. The van der Waals surface area contributed by atoms with Gasteiger partial charge in [-0.3, -0.25) is 4.98 Å². The molecular weight excluding hydrogens is 1850 g/mol. The molecule has 5 heteroatoms. The number of fused-ring (bicyclic) bond motifs is 9. The van der Waals surface area contributed by atoms with E-state index in [1.165, 1.54) is 370 Å². The van der Waals surface area contributed by atoms with E-state index in [1.54, 1.807) is 34.6 Å². The van der Waals surface area contributed by atoms with Crippen molar-refractivity contribution in [3.63, 3.8) is 0 Å². The van der Waals surface area contributed by atoms with Gasteiger partial charge in [0.15, 0.2) is 0 Å². The van der Waals surface area contributed by atoms with Crippen LogP contribution in [0.25, 0.3) is 123 Å². The van der Waals surface area contributed by atoms with Crippen LogP contribution in [0, 0.1) is 32.0 Å². The summed E-state index contributed by atoms with van der Waals surface area (Å²) in [6.45, 7) is 18.5. The van der Waals surface area contributed by atoms with E-state index < -0.39 is 0 Å². The molecular formula is C133H155IrN4. The molecule has 0 saturated heterocycles. The van der Waals surface area contributed by atoms with E-state index in [4.69, 9.17) is 9.97 Å². The third kappa shape index (κ3) is 26.0. The summed E-state index contributed by atoms with van der Waals surface area (Å²) in [6, 6.07) is 108. The molecule has 0 unspecified atom stereocenters. The van der Waals surface area contributed by atoms with Crippen molar-refractivity contribution in [1.29, 1.82) is 0 Å². The summed E-state index contributed by atoms with van der Waals surface area (Å²) in [7, 11) is 0. The van der Waals surface area contributed by atoms with Gasteiger partial charge in [0.25, 0.3) is 0 Å². The molecule has 0 N–H and O–H groups in total. The molecule has 0 aliphatic heterocycles. The second kappa shape index (κ2) is 53.2. The van der Waals surface area contributed by atoms with E-state index in [1.807, 2.05) is 91.1 Å². The fourth-order valence-corrected chi connectivity index (χ4v) is 22.8. The number of hydrogen-bond donors (Lipinski definition) is 0. The van der Waals surface area contributed by atoms with Crippen LogP contribution < -0.4 is 0 Å². The minimum atomic E-state index is -0.0725. The smallest absolute Gasteiger partial charge is 0.305 e. The Bertz CT molecular complexity index is 5800. The van der Waals surface area contributed by atoms with Crippen LogP contribution >= 0.6 is 0 Å². The summed E-state index contributed by atoms with van der Waals surface area (Å²) in [5, 5.41) is 0. The van der Waals surface area contributed by atoms with Crippen LogP contribution in [0.2, 0.25) is 0 Å². The van der Waals surface area contributed by atoms with E-state index in [0.29, 0.717) is 0 Å². The van der Waals surface area contributed by atoms with Crippen molar-refractivity contribution in [2.75, 3.05) is 0 Å². The number of hydrogen-bond acceptors (Lipinski definition) is 4. The summed E-state index contributed by atoms with van der Waals surface area (Å²) in [5.74, 6) is 0. The van der Waals surface area contributed by atoms with Gasteiger partial charge < -0.3 is 15.0 Å². The zero-order chi connectivity index (χ0) is 94.7. The predicted molar refractivity (Wildman–Crippen MR) is 587 cm³/mol. The average Bonchev–Trinajstić information content (AvgIpc) is 1.12. The summed E-state index contributed by atoms with van der Waals surface area (Å²) < 4.78 is 0. The molecule has 0 radical (unpaired) electrons. The molecule has 3 aliphatic rings. The van der Waals surface area contributed by atoms with E-state index in [9.17, 15) is 0 Å². The zero-order valence-corrected chi connectivity index (χ0v) is 87.4. The first-order valence-corrected chi connectivity index (χ1v) is 54.2. The van der Waals surface area contributed by atoms with Crippen LogP contribution in [-0.4, -0.2) is 19.9 Å². The Hall–Kier alpha value is -10.6. The summed E-state index contributed by atoms with van der Waals surface area (Å²) >= 11 is 0. The second-order valence-electron chi connectivity index (χ2n) is 40.4. The molecule has 0 amide bonds. The third-order valence-electron chi connectivity index (χ3n) is 30.6. The third-order valence-corrected chi connectivity index (χ3v) is 30.6. The first kappa shape index (κ1) is 103. The fourth-order valence-electron chi connectivity index (χ4n) is 22.8. The molecule has 10 aromatic carbocycles. The van der Waals surface area contributed by atoms with Crippen LogP contribution in [0.3, 0.4) is 0 Å². The normalized spacial score (nSPS) is 13.0. The van der Waals surface area contributed by atoms with Crippen molar-refractivity contribution in [3.8, 4) is 123 Å². The molecule has 138 heavy (non-hydrogen) atoms. The largest absolute Gasteiger partial charge is 3.00 e. The van der Waals surface area contributed by atoms with Crippen molar-refractivity contribution in [1.82, 2.24) is 19.9 Å². The summed E-state index contributed by atoms with van der Waals surface area (Å²) in [4.78, 5) is 18.5.